The smallest absolute Gasteiger partial charge is 0.271 e. The number of non-ortho nitro benzene ring substituents is 1. The molecule has 0 fully saturated rings. The number of aryl methyl sites for hydroxylation is 2. The van der Waals surface area contributed by atoms with Crippen LogP contribution in [0, 0.1) is 17.0 Å². The van der Waals surface area contributed by atoms with Crippen LogP contribution in [-0.2, 0) is 13.6 Å². The highest BCUT2D eigenvalue weighted by molar-refractivity contribution is 5.53. The van der Waals surface area contributed by atoms with Gasteiger partial charge < -0.3 is 5.32 Å². The third kappa shape index (κ3) is 2.82. The predicted molar refractivity (Wildman–Crippen MR) is 66.2 cm³/mol. The summed E-state index contributed by atoms with van der Waals surface area (Å²) in [5, 5.41) is 17.9. The average molecular weight is 247 g/mol. The molecular weight excluding hydrogens is 234 g/mol. The summed E-state index contributed by atoms with van der Waals surface area (Å²) in [5.41, 5.74) is 1.60. The number of nitrogens with one attached hydrogen (secondary N) is 1. The fraction of sp³-hybridized carbons (Fsp3) is 0.273. The van der Waals surface area contributed by atoms with Crippen molar-refractivity contribution in [2.45, 2.75) is 13.5 Å². The summed E-state index contributed by atoms with van der Waals surface area (Å²) in [6, 6.07) is 4.87. The third-order valence-electron chi connectivity index (χ3n) is 2.37. The summed E-state index contributed by atoms with van der Waals surface area (Å²) < 4.78 is 1.61. The lowest BCUT2D eigenvalue weighted by Gasteiger charge is -2.05. The van der Waals surface area contributed by atoms with E-state index in [1.165, 1.54) is 12.1 Å². The molecule has 0 atom stereocenters. The van der Waals surface area contributed by atoms with Gasteiger partial charge in [0.25, 0.3) is 5.69 Å². The van der Waals surface area contributed by atoms with Crippen molar-refractivity contribution < 1.29 is 4.92 Å². The Morgan fingerprint density at radius 2 is 2.22 bits per heavy atom. The fourth-order valence-electron chi connectivity index (χ4n) is 1.62. The molecule has 1 N–H and O–H groups in total. The van der Waals surface area contributed by atoms with Crippen LogP contribution < -0.4 is 5.32 Å². The van der Waals surface area contributed by atoms with Crippen LogP contribution >= 0.6 is 0 Å². The summed E-state index contributed by atoms with van der Waals surface area (Å²) in [7, 11) is 1.79. The molecule has 7 nitrogen and oxygen atoms in total. The number of anilines is 1. The molecule has 0 aliphatic heterocycles. The van der Waals surface area contributed by atoms with E-state index in [-0.39, 0.29) is 5.69 Å². The highest BCUT2D eigenvalue weighted by atomic mass is 16.6. The van der Waals surface area contributed by atoms with Gasteiger partial charge in [0, 0.05) is 24.9 Å². The Bertz CT molecular complexity index is 579. The van der Waals surface area contributed by atoms with Crippen LogP contribution in [0.5, 0.6) is 0 Å². The average Bonchev–Trinajstić information content (AvgIpc) is 2.72. The molecule has 0 saturated carbocycles. The van der Waals surface area contributed by atoms with Gasteiger partial charge in [-0.25, -0.2) is 4.98 Å². The lowest BCUT2D eigenvalue weighted by molar-refractivity contribution is -0.384. The van der Waals surface area contributed by atoms with Crippen molar-refractivity contribution in [3.63, 3.8) is 0 Å². The molecule has 0 amide bonds. The van der Waals surface area contributed by atoms with Gasteiger partial charge in [0.2, 0.25) is 0 Å². The molecule has 0 spiro atoms. The van der Waals surface area contributed by atoms with Gasteiger partial charge in [-0.3, -0.25) is 14.8 Å². The van der Waals surface area contributed by atoms with Gasteiger partial charge in [-0.2, -0.15) is 5.10 Å². The Morgan fingerprint density at radius 3 is 2.83 bits per heavy atom. The van der Waals surface area contributed by atoms with E-state index >= 15 is 0 Å². The number of benzene rings is 1. The minimum absolute atomic E-state index is 0.0754. The first kappa shape index (κ1) is 12.0. The van der Waals surface area contributed by atoms with E-state index in [0.29, 0.717) is 18.1 Å². The van der Waals surface area contributed by atoms with Crippen molar-refractivity contribution in [2.75, 3.05) is 5.32 Å². The predicted octanol–water partition coefficient (Wildman–Crippen LogP) is 1.64. The number of aromatic nitrogens is 3. The lowest BCUT2D eigenvalue weighted by atomic mass is 10.2. The molecule has 1 aromatic heterocycles. The van der Waals surface area contributed by atoms with Crippen molar-refractivity contribution in [2.24, 2.45) is 7.05 Å². The second kappa shape index (κ2) is 4.82. The van der Waals surface area contributed by atoms with Crippen LogP contribution in [0.2, 0.25) is 0 Å². The maximum atomic E-state index is 10.7. The molecule has 0 saturated heterocycles. The van der Waals surface area contributed by atoms with Crippen molar-refractivity contribution in [1.29, 1.82) is 0 Å². The number of hydrogen-bond acceptors (Lipinski definition) is 5. The van der Waals surface area contributed by atoms with Gasteiger partial charge in [-0.15, -0.1) is 0 Å². The van der Waals surface area contributed by atoms with E-state index < -0.39 is 4.92 Å². The summed E-state index contributed by atoms with van der Waals surface area (Å²) >= 11 is 0. The van der Waals surface area contributed by atoms with Gasteiger partial charge in [-0.05, 0) is 18.6 Å². The van der Waals surface area contributed by atoms with Gasteiger partial charge >= 0.3 is 0 Å². The number of rotatable bonds is 4. The van der Waals surface area contributed by atoms with Crippen LogP contribution in [0.1, 0.15) is 11.4 Å². The van der Waals surface area contributed by atoms with E-state index in [1.54, 1.807) is 18.1 Å². The quantitative estimate of drug-likeness (QED) is 0.655. The summed E-state index contributed by atoms with van der Waals surface area (Å²) in [6.45, 7) is 2.25. The first-order valence-corrected chi connectivity index (χ1v) is 5.39. The number of hydrogen-bond donors (Lipinski definition) is 1. The molecule has 2 rings (SSSR count). The van der Waals surface area contributed by atoms with Crippen molar-refractivity contribution in [3.8, 4) is 0 Å². The van der Waals surface area contributed by atoms with Crippen LogP contribution in [0.3, 0.4) is 0 Å². The number of nitrogens with zero attached hydrogens (tertiary/aromatic N) is 4. The highest BCUT2D eigenvalue weighted by Crippen LogP contribution is 2.20. The highest BCUT2D eigenvalue weighted by Gasteiger charge is 2.08. The Hall–Kier alpha value is -2.44. The molecular formula is C11H13N5O2. The summed E-state index contributed by atoms with van der Waals surface area (Å²) in [6.07, 6.45) is 1.61. The first-order valence-electron chi connectivity index (χ1n) is 5.39. The van der Waals surface area contributed by atoms with Gasteiger partial charge in [0.05, 0.1) is 11.5 Å². The molecule has 0 bridgehead atoms. The van der Waals surface area contributed by atoms with Gasteiger partial charge in [0.15, 0.2) is 5.82 Å². The number of nitro groups is 1. The van der Waals surface area contributed by atoms with E-state index in [0.717, 1.165) is 5.56 Å². The lowest BCUT2D eigenvalue weighted by Crippen LogP contribution is -2.03. The minimum atomic E-state index is -0.406. The fourth-order valence-corrected chi connectivity index (χ4v) is 1.62. The Labute approximate surface area is 104 Å². The summed E-state index contributed by atoms with van der Waals surface area (Å²) in [4.78, 5) is 14.4. The standard InChI is InChI=1S/C11H13N5O2/c1-8-3-9(5-10(4-8)16(17)18)12-6-11-13-7-15(2)14-11/h3-5,7,12H,6H2,1-2H3. The van der Waals surface area contributed by atoms with Gasteiger partial charge in [0.1, 0.15) is 6.33 Å². The topological polar surface area (TPSA) is 85.9 Å². The molecule has 1 aromatic carbocycles. The molecule has 18 heavy (non-hydrogen) atoms. The molecule has 7 heteroatoms. The first-order chi connectivity index (χ1) is 8.54. The maximum Gasteiger partial charge on any atom is 0.271 e. The van der Waals surface area contributed by atoms with Crippen molar-refractivity contribution in [3.05, 3.63) is 46.0 Å². The minimum Gasteiger partial charge on any atom is -0.377 e. The molecule has 0 unspecified atom stereocenters. The van der Waals surface area contributed by atoms with E-state index in [1.807, 2.05) is 13.0 Å². The second-order valence-electron chi connectivity index (χ2n) is 4.00. The normalized spacial score (nSPS) is 10.3. The molecule has 2 aromatic rings. The second-order valence-corrected chi connectivity index (χ2v) is 4.00. The molecule has 94 valence electrons. The zero-order valence-corrected chi connectivity index (χ0v) is 10.1. The molecule has 0 radical (unpaired) electrons. The SMILES string of the molecule is Cc1cc(NCc2ncn(C)n2)cc([N+](=O)[O-])c1. The van der Waals surface area contributed by atoms with Crippen LogP contribution in [-0.4, -0.2) is 19.7 Å². The Balaban J connectivity index is 2.11. The van der Waals surface area contributed by atoms with Gasteiger partial charge in [-0.1, -0.05) is 0 Å². The van der Waals surface area contributed by atoms with Crippen LogP contribution in [0.4, 0.5) is 11.4 Å². The monoisotopic (exact) mass is 247 g/mol. The summed E-state index contributed by atoms with van der Waals surface area (Å²) in [5.74, 6) is 0.640. The zero-order valence-electron chi connectivity index (χ0n) is 10.1. The number of nitro benzene ring substituents is 1. The maximum absolute atomic E-state index is 10.7. The van der Waals surface area contributed by atoms with E-state index in [4.69, 9.17) is 0 Å². The van der Waals surface area contributed by atoms with E-state index in [2.05, 4.69) is 15.4 Å². The van der Waals surface area contributed by atoms with E-state index in [9.17, 15) is 10.1 Å². The largest absolute Gasteiger partial charge is 0.377 e. The zero-order chi connectivity index (χ0) is 13.1. The molecule has 0 aliphatic rings. The van der Waals surface area contributed by atoms with Crippen LogP contribution in [0.15, 0.2) is 24.5 Å². The Morgan fingerprint density at radius 1 is 1.44 bits per heavy atom. The third-order valence-corrected chi connectivity index (χ3v) is 2.37. The Kier molecular flexibility index (Phi) is 3.22. The molecule has 1 heterocycles. The molecule has 0 aliphatic carbocycles. The van der Waals surface area contributed by atoms with Crippen molar-refractivity contribution >= 4 is 11.4 Å². The van der Waals surface area contributed by atoms with Crippen molar-refractivity contribution in [1.82, 2.24) is 14.8 Å². The van der Waals surface area contributed by atoms with Crippen LogP contribution in [0.25, 0.3) is 0 Å².